The predicted octanol–water partition coefficient (Wildman–Crippen LogP) is 4.26. The van der Waals surface area contributed by atoms with Crippen LogP contribution >= 0.6 is 11.6 Å². The summed E-state index contributed by atoms with van der Waals surface area (Å²) in [5.74, 6) is -0.939. The zero-order valence-electron chi connectivity index (χ0n) is 16.5. The predicted molar refractivity (Wildman–Crippen MR) is 112 cm³/mol. The summed E-state index contributed by atoms with van der Waals surface area (Å²) in [5.41, 5.74) is 3.78. The molecule has 29 heavy (non-hydrogen) atoms. The van der Waals surface area contributed by atoms with E-state index in [0.717, 1.165) is 22.6 Å². The number of anilines is 1. The second-order valence-electron chi connectivity index (χ2n) is 6.67. The molecule has 0 radical (unpaired) electrons. The summed E-state index contributed by atoms with van der Waals surface area (Å²) in [6.07, 6.45) is -0.919. The van der Waals surface area contributed by atoms with Crippen LogP contribution in [0.5, 0.6) is 0 Å². The molecular weight excluding hydrogens is 390 g/mol. The first-order valence-corrected chi connectivity index (χ1v) is 9.60. The maximum atomic E-state index is 12.4. The van der Waals surface area contributed by atoms with Gasteiger partial charge in [-0.2, -0.15) is 5.10 Å². The lowest BCUT2D eigenvalue weighted by molar-refractivity contribution is -0.152. The molecule has 3 rings (SSSR count). The highest BCUT2D eigenvalue weighted by Gasteiger charge is 2.22. The van der Waals surface area contributed by atoms with Crippen LogP contribution in [0.4, 0.5) is 5.69 Å². The monoisotopic (exact) mass is 411 g/mol. The van der Waals surface area contributed by atoms with E-state index >= 15 is 0 Å². The van der Waals surface area contributed by atoms with Crippen molar-refractivity contribution < 1.29 is 14.3 Å². The number of aromatic nitrogens is 2. The van der Waals surface area contributed by atoms with Crippen molar-refractivity contribution in [1.82, 2.24) is 9.78 Å². The number of benzene rings is 2. The molecule has 7 heteroatoms. The topological polar surface area (TPSA) is 73.2 Å². The fourth-order valence-electron chi connectivity index (χ4n) is 2.99. The Balaban J connectivity index is 1.65. The lowest BCUT2D eigenvalue weighted by Gasteiger charge is -2.14. The number of para-hydroxylation sites is 2. The molecule has 6 nitrogen and oxygen atoms in total. The molecule has 150 valence electrons. The number of nitrogens with zero attached hydrogens (tertiary/aromatic N) is 2. The van der Waals surface area contributed by atoms with Crippen LogP contribution in [0.1, 0.15) is 23.9 Å². The molecule has 0 aliphatic carbocycles. The third-order valence-corrected chi connectivity index (χ3v) is 4.90. The Hall–Kier alpha value is -3.12. The highest BCUT2D eigenvalue weighted by molar-refractivity contribution is 6.33. The van der Waals surface area contributed by atoms with E-state index in [0.29, 0.717) is 10.7 Å². The summed E-state index contributed by atoms with van der Waals surface area (Å²) >= 11 is 6.04. The molecular formula is C22H22ClN3O3. The van der Waals surface area contributed by atoms with Crippen LogP contribution in [0.3, 0.4) is 0 Å². The number of carbonyl (C=O) groups excluding carboxylic acids is 2. The van der Waals surface area contributed by atoms with Crippen LogP contribution in [-0.4, -0.2) is 27.8 Å². The van der Waals surface area contributed by atoms with Gasteiger partial charge in [0, 0.05) is 11.3 Å². The second-order valence-corrected chi connectivity index (χ2v) is 7.08. The van der Waals surface area contributed by atoms with E-state index < -0.39 is 18.0 Å². The van der Waals surface area contributed by atoms with Crippen molar-refractivity contribution >= 4 is 29.2 Å². The lowest BCUT2D eigenvalue weighted by Crippen LogP contribution is -2.30. The SMILES string of the molecule is Cc1nn(-c2ccccc2)c(C)c1CC(=O)O[C@@H](C)C(=O)Nc1ccccc1Cl. The van der Waals surface area contributed by atoms with Crippen molar-refractivity contribution in [3.05, 3.63) is 76.6 Å². The fraction of sp³-hybridized carbons (Fsp3) is 0.227. The van der Waals surface area contributed by atoms with Gasteiger partial charge in [0.25, 0.3) is 5.91 Å². The van der Waals surface area contributed by atoms with E-state index in [1.807, 2.05) is 44.2 Å². The molecule has 3 aromatic rings. The minimum Gasteiger partial charge on any atom is -0.452 e. The molecule has 1 heterocycles. The minimum atomic E-state index is -0.955. The highest BCUT2D eigenvalue weighted by Crippen LogP contribution is 2.21. The fourth-order valence-corrected chi connectivity index (χ4v) is 3.17. The van der Waals surface area contributed by atoms with Crippen molar-refractivity contribution in [3.63, 3.8) is 0 Å². The number of nitrogens with one attached hydrogen (secondary N) is 1. The van der Waals surface area contributed by atoms with Gasteiger partial charge in [0.05, 0.1) is 28.5 Å². The minimum absolute atomic E-state index is 0.0359. The smallest absolute Gasteiger partial charge is 0.311 e. The first-order chi connectivity index (χ1) is 13.9. The number of hydrogen-bond acceptors (Lipinski definition) is 4. The third-order valence-electron chi connectivity index (χ3n) is 4.57. The van der Waals surface area contributed by atoms with Crippen LogP contribution in [0.2, 0.25) is 5.02 Å². The molecule has 1 aromatic heterocycles. The highest BCUT2D eigenvalue weighted by atomic mass is 35.5. The van der Waals surface area contributed by atoms with Crippen molar-refractivity contribution in [2.75, 3.05) is 5.32 Å². The number of halogens is 1. The van der Waals surface area contributed by atoms with Crippen molar-refractivity contribution in [1.29, 1.82) is 0 Å². The van der Waals surface area contributed by atoms with Gasteiger partial charge in [0.15, 0.2) is 6.10 Å². The normalized spacial score (nSPS) is 11.7. The Morgan fingerprint density at radius 2 is 1.76 bits per heavy atom. The molecule has 0 spiro atoms. The van der Waals surface area contributed by atoms with Crippen molar-refractivity contribution in [2.24, 2.45) is 0 Å². The quantitative estimate of drug-likeness (QED) is 0.615. The largest absolute Gasteiger partial charge is 0.452 e. The molecule has 1 atom stereocenters. The molecule has 0 bridgehead atoms. The number of esters is 1. The molecule has 0 aliphatic heterocycles. The van der Waals surface area contributed by atoms with E-state index in [1.54, 1.807) is 28.9 Å². The summed E-state index contributed by atoms with van der Waals surface area (Å²) in [5, 5.41) is 7.61. The van der Waals surface area contributed by atoms with Gasteiger partial charge < -0.3 is 10.1 Å². The Labute approximate surface area is 174 Å². The van der Waals surface area contributed by atoms with Gasteiger partial charge in [-0.1, -0.05) is 41.9 Å². The first kappa shape index (κ1) is 20.6. The van der Waals surface area contributed by atoms with E-state index in [2.05, 4.69) is 10.4 Å². The van der Waals surface area contributed by atoms with E-state index in [1.165, 1.54) is 6.92 Å². The summed E-state index contributed by atoms with van der Waals surface area (Å²) in [7, 11) is 0. The van der Waals surface area contributed by atoms with E-state index in [-0.39, 0.29) is 6.42 Å². The molecule has 0 saturated carbocycles. The number of hydrogen-bond donors (Lipinski definition) is 1. The summed E-state index contributed by atoms with van der Waals surface area (Å²) in [6, 6.07) is 16.6. The molecule has 1 N–H and O–H groups in total. The number of ether oxygens (including phenoxy) is 1. The maximum absolute atomic E-state index is 12.4. The van der Waals surface area contributed by atoms with Gasteiger partial charge in [-0.3, -0.25) is 9.59 Å². The zero-order chi connectivity index (χ0) is 21.0. The van der Waals surface area contributed by atoms with E-state index in [4.69, 9.17) is 16.3 Å². The summed E-state index contributed by atoms with van der Waals surface area (Å²) < 4.78 is 7.12. The number of amides is 1. The van der Waals surface area contributed by atoms with Gasteiger partial charge in [0.2, 0.25) is 0 Å². The van der Waals surface area contributed by atoms with Crippen LogP contribution in [0.25, 0.3) is 5.69 Å². The van der Waals surface area contributed by atoms with Crippen LogP contribution < -0.4 is 5.32 Å². The standard InChI is InChI=1S/C22H22ClN3O3/c1-14-18(15(2)26(25-14)17-9-5-4-6-10-17)13-21(27)29-16(3)22(28)24-20-12-8-7-11-19(20)23/h4-12,16H,13H2,1-3H3,(H,24,28)/t16-/m0/s1. The molecule has 0 fully saturated rings. The molecule has 1 amide bonds. The third kappa shape index (κ3) is 4.84. The Morgan fingerprint density at radius 3 is 2.45 bits per heavy atom. The molecule has 0 aliphatic rings. The van der Waals surface area contributed by atoms with Crippen LogP contribution in [0, 0.1) is 13.8 Å². The van der Waals surface area contributed by atoms with Crippen LogP contribution in [-0.2, 0) is 20.7 Å². The van der Waals surface area contributed by atoms with Gasteiger partial charge in [-0.05, 0) is 45.0 Å². The Morgan fingerprint density at radius 1 is 1.10 bits per heavy atom. The number of aryl methyl sites for hydroxylation is 1. The maximum Gasteiger partial charge on any atom is 0.311 e. The van der Waals surface area contributed by atoms with Crippen molar-refractivity contribution in [3.8, 4) is 5.69 Å². The lowest BCUT2D eigenvalue weighted by atomic mass is 10.1. The second kappa shape index (κ2) is 8.92. The average molecular weight is 412 g/mol. The number of carbonyl (C=O) groups is 2. The Kier molecular flexibility index (Phi) is 6.34. The number of rotatable bonds is 6. The Bertz CT molecular complexity index is 1030. The first-order valence-electron chi connectivity index (χ1n) is 9.22. The summed E-state index contributed by atoms with van der Waals surface area (Å²) in [4.78, 5) is 24.7. The molecule has 2 aromatic carbocycles. The average Bonchev–Trinajstić information content (AvgIpc) is 2.98. The summed E-state index contributed by atoms with van der Waals surface area (Å²) in [6.45, 7) is 5.28. The van der Waals surface area contributed by atoms with Gasteiger partial charge in [0.1, 0.15) is 0 Å². The van der Waals surface area contributed by atoms with E-state index in [9.17, 15) is 9.59 Å². The van der Waals surface area contributed by atoms with Crippen LogP contribution in [0.15, 0.2) is 54.6 Å². The van der Waals surface area contributed by atoms with Gasteiger partial charge in [-0.25, -0.2) is 4.68 Å². The van der Waals surface area contributed by atoms with Gasteiger partial charge in [-0.15, -0.1) is 0 Å². The zero-order valence-corrected chi connectivity index (χ0v) is 17.2. The van der Waals surface area contributed by atoms with Gasteiger partial charge >= 0.3 is 5.97 Å². The van der Waals surface area contributed by atoms with Crippen molar-refractivity contribution in [2.45, 2.75) is 33.3 Å². The molecule has 0 unspecified atom stereocenters. The molecule has 0 saturated heterocycles.